The van der Waals surface area contributed by atoms with Gasteiger partial charge in [-0.3, -0.25) is 19.7 Å². The summed E-state index contributed by atoms with van der Waals surface area (Å²) < 4.78 is 28.3. The van der Waals surface area contributed by atoms with Crippen LogP contribution >= 0.6 is 0 Å². The molecule has 1 aromatic carbocycles. The number of H-pyrrole nitrogens is 1. The number of carbonyl (C=O) groups excluding carboxylic acids is 2. The minimum Gasteiger partial charge on any atom is -0.366 e. The molecule has 29 heavy (non-hydrogen) atoms. The van der Waals surface area contributed by atoms with Crippen molar-refractivity contribution in [3.8, 4) is 0 Å². The molecule has 150 valence electrons. The van der Waals surface area contributed by atoms with E-state index in [4.69, 9.17) is 5.73 Å². The molecular weight excluding hydrogens is 380 g/mol. The van der Waals surface area contributed by atoms with Gasteiger partial charge in [-0.1, -0.05) is 19.1 Å². The third kappa shape index (κ3) is 4.45. The zero-order valence-electron chi connectivity index (χ0n) is 15.5. The lowest BCUT2D eigenvalue weighted by molar-refractivity contribution is -0.00508. The summed E-state index contributed by atoms with van der Waals surface area (Å²) in [7, 11) is 0. The maximum atomic E-state index is 14.1. The Morgan fingerprint density at radius 2 is 2.00 bits per heavy atom. The number of amides is 2. The van der Waals surface area contributed by atoms with Crippen molar-refractivity contribution in [2.24, 2.45) is 5.73 Å². The Balaban J connectivity index is 0.000000252. The molecule has 0 spiro atoms. The molecule has 1 aliphatic rings. The van der Waals surface area contributed by atoms with E-state index in [1.54, 1.807) is 37.4 Å². The molecule has 0 fully saturated rings. The van der Waals surface area contributed by atoms with E-state index < -0.39 is 17.7 Å². The van der Waals surface area contributed by atoms with E-state index in [0.29, 0.717) is 16.7 Å². The Morgan fingerprint density at radius 3 is 2.59 bits per heavy atom. The van der Waals surface area contributed by atoms with Crippen LogP contribution in [0.25, 0.3) is 0 Å². The van der Waals surface area contributed by atoms with Gasteiger partial charge in [0.05, 0.1) is 23.0 Å². The molecule has 0 aliphatic heterocycles. The summed E-state index contributed by atoms with van der Waals surface area (Å²) in [5.74, 6) is -4.02. The molecule has 1 unspecified atom stereocenters. The highest BCUT2D eigenvalue weighted by atomic mass is 19.3. The minimum absolute atomic E-state index is 0.0604. The van der Waals surface area contributed by atoms with Crippen LogP contribution in [0.15, 0.2) is 55.1 Å². The maximum Gasteiger partial charge on any atom is 0.276 e. The molecule has 7 nitrogen and oxygen atoms in total. The van der Waals surface area contributed by atoms with Crippen LogP contribution in [0.2, 0.25) is 0 Å². The van der Waals surface area contributed by atoms with Gasteiger partial charge in [0, 0.05) is 30.6 Å². The second kappa shape index (κ2) is 8.17. The van der Waals surface area contributed by atoms with Crippen molar-refractivity contribution in [3.63, 3.8) is 0 Å². The zero-order chi connectivity index (χ0) is 21.0. The van der Waals surface area contributed by atoms with E-state index in [0.717, 1.165) is 0 Å². The summed E-state index contributed by atoms with van der Waals surface area (Å²) in [5, 5.41) is 8.55. The van der Waals surface area contributed by atoms with Crippen molar-refractivity contribution in [2.75, 3.05) is 5.32 Å². The summed E-state index contributed by atoms with van der Waals surface area (Å²) in [5.41, 5.74) is 6.32. The summed E-state index contributed by atoms with van der Waals surface area (Å²) in [4.78, 5) is 26.2. The number of nitrogens with one attached hydrogen (secondary N) is 2. The molecule has 2 amide bonds. The first kappa shape index (κ1) is 20.1. The number of aromatic amines is 1. The number of pyridine rings is 1. The van der Waals surface area contributed by atoms with Crippen molar-refractivity contribution in [1.29, 1.82) is 0 Å². The fourth-order valence-corrected chi connectivity index (χ4v) is 3.17. The molecule has 0 saturated heterocycles. The first-order valence-corrected chi connectivity index (χ1v) is 8.80. The second-order valence-corrected chi connectivity index (χ2v) is 6.63. The van der Waals surface area contributed by atoms with Crippen LogP contribution in [0.4, 0.5) is 14.5 Å². The van der Waals surface area contributed by atoms with Gasteiger partial charge in [0.15, 0.2) is 0 Å². The summed E-state index contributed by atoms with van der Waals surface area (Å²) >= 11 is 0. The molecule has 1 aliphatic carbocycles. The molecule has 0 bridgehead atoms. The Bertz CT molecular complexity index is 1010. The zero-order valence-corrected chi connectivity index (χ0v) is 15.5. The molecular formula is C20H19F2N5O2. The number of primary amides is 1. The predicted octanol–water partition coefficient (Wildman–Crippen LogP) is 3.44. The van der Waals surface area contributed by atoms with Crippen LogP contribution in [0.3, 0.4) is 0 Å². The number of carbonyl (C=O) groups is 2. The first-order valence-electron chi connectivity index (χ1n) is 8.80. The lowest BCUT2D eigenvalue weighted by atomic mass is 10.0. The summed E-state index contributed by atoms with van der Waals surface area (Å²) in [6.45, 7) is 1.77. The van der Waals surface area contributed by atoms with Crippen molar-refractivity contribution >= 4 is 17.5 Å². The average Bonchev–Trinajstić information content (AvgIpc) is 3.31. The van der Waals surface area contributed by atoms with Crippen LogP contribution < -0.4 is 11.1 Å². The maximum absolute atomic E-state index is 14.1. The van der Waals surface area contributed by atoms with Crippen molar-refractivity contribution < 1.29 is 18.4 Å². The first-order chi connectivity index (χ1) is 13.8. The van der Waals surface area contributed by atoms with Crippen molar-refractivity contribution in [3.05, 3.63) is 77.4 Å². The molecule has 2 aromatic heterocycles. The second-order valence-electron chi connectivity index (χ2n) is 6.63. The van der Waals surface area contributed by atoms with Gasteiger partial charge in [0.25, 0.3) is 17.7 Å². The Hall–Kier alpha value is -3.62. The molecule has 1 atom stereocenters. The number of nitrogens with two attached hydrogens (primary N) is 1. The normalized spacial score (nSPS) is 16.3. The molecule has 4 N–H and O–H groups in total. The molecule has 3 aromatic rings. The highest BCUT2D eigenvalue weighted by molar-refractivity contribution is 6.04. The van der Waals surface area contributed by atoms with Gasteiger partial charge >= 0.3 is 0 Å². The number of hydrogen-bond donors (Lipinski definition) is 3. The quantitative estimate of drug-likeness (QED) is 0.626. The lowest BCUT2D eigenvalue weighted by Crippen LogP contribution is -2.17. The molecule has 4 rings (SSSR count). The fourth-order valence-electron chi connectivity index (χ4n) is 3.17. The number of alkyl halides is 2. The number of anilines is 1. The van der Waals surface area contributed by atoms with E-state index >= 15 is 0 Å². The molecule has 9 heteroatoms. The average molecular weight is 399 g/mol. The molecule has 0 radical (unpaired) electrons. The van der Waals surface area contributed by atoms with E-state index in [9.17, 15) is 18.4 Å². The Kier molecular flexibility index (Phi) is 5.67. The van der Waals surface area contributed by atoms with Crippen LogP contribution in [-0.2, 0) is 5.92 Å². The SMILES string of the molecule is CC1CC(F)(F)c2c(NC(=O)c3cccnc3)cccc21.NC(=O)c1cn[nH]c1. The molecule has 0 saturated carbocycles. The van der Waals surface area contributed by atoms with Gasteiger partial charge in [-0.2, -0.15) is 5.10 Å². The van der Waals surface area contributed by atoms with E-state index in [1.165, 1.54) is 24.7 Å². The topological polar surface area (TPSA) is 114 Å². The number of nitrogens with zero attached hydrogens (tertiary/aromatic N) is 2. The van der Waals surface area contributed by atoms with Gasteiger partial charge in [-0.05, 0) is 29.7 Å². The monoisotopic (exact) mass is 399 g/mol. The number of fused-ring (bicyclic) bond motifs is 1. The standard InChI is InChI=1S/C16H14F2N2O.C4H5N3O/c1-10-8-16(17,18)14-12(10)5-2-6-13(14)20-15(21)11-4-3-7-19-9-11;5-4(8)3-1-6-7-2-3/h2-7,9-10H,8H2,1H3,(H,20,21);1-2H,(H2,5,8)(H,6,7). The van der Waals surface area contributed by atoms with E-state index in [-0.39, 0.29) is 23.6 Å². The number of benzene rings is 1. The van der Waals surface area contributed by atoms with Gasteiger partial charge in [-0.15, -0.1) is 0 Å². The number of rotatable bonds is 3. The number of halogens is 2. The van der Waals surface area contributed by atoms with Gasteiger partial charge in [0.2, 0.25) is 0 Å². The van der Waals surface area contributed by atoms with Gasteiger partial charge in [0.1, 0.15) is 0 Å². The van der Waals surface area contributed by atoms with Crippen LogP contribution in [0.1, 0.15) is 51.1 Å². The van der Waals surface area contributed by atoms with Gasteiger partial charge in [-0.25, -0.2) is 8.78 Å². The smallest absolute Gasteiger partial charge is 0.276 e. The van der Waals surface area contributed by atoms with Gasteiger partial charge < -0.3 is 11.1 Å². The third-order valence-electron chi connectivity index (χ3n) is 4.51. The highest BCUT2D eigenvalue weighted by Gasteiger charge is 2.45. The number of hydrogen-bond acceptors (Lipinski definition) is 4. The van der Waals surface area contributed by atoms with Crippen LogP contribution in [0.5, 0.6) is 0 Å². The summed E-state index contributed by atoms with van der Waals surface area (Å²) in [6.07, 6.45) is 5.55. The largest absolute Gasteiger partial charge is 0.366 e. The van der Waals surface area contributed by atoms with Crippen molar-refractivity contribution in [2.45, 2.75) is 25.2 Å². The Morgan fingerprint density at radius 1 is 1.21 bits per heavy atom. The summed E-state index contributed by atoms with van der Waals surface area (Å²) in [6, 6.07) is 8.11. The van der Waals surface area contributed by atoms with Crippen LogP contribution in [-0.4, -0.2) is 27.0 Å². The van der Waals surface area contributed by atoms with Crippen molar-refractivity contribution in [1.82, 2.24) is 15.2 Å². The highest BCUT2D eigenvalue weighted by Crippen LogP contribution is 2.51. The van der Waals surface area contributed by atoms with E-state index in [1.807, 2.05) is 0 Å². The Labute approximate surface area is 165 Å². The third-order valence-corrected chi connectivity index (χ3v) is 4.51. The molecule has 2 heterocycles. The van der Waals surface area contributed by atoms with E-state index in [2.05, 4.69) is 20.5 Å². The lowest BCUT2D eigenvalue weighted by Gasteiger charge is -2.15. The number of aromatic nitrogens is 3. The fraction of sp³-hybridized carbons (Fsp3) is 0.200. The predicted molar refractivity (Wildman–Crippen MR) is 103 cm³/mol. The van der Waals surface area contributed by atoms with Crippen LogP contribution in [0, 0.1) is 0 Å². The minimum atomic E-state index is -2.91.